The van der Waals surface area contributed by atoms with E-state index in [1.54, 1.807) is 0 Å². The van der Waals surface area contributed by atoms with Gasteiger partial charge in [-0.05, 0) is 39.5 Å². The van der Waals surface area contributed by atoms with Crippen molar-refractivity contribution in [3.63, 3.8) is 0 Å². The Kier molecular flexibility index (Phi) is 7.32. The Morgan fingerprint density at radius 2 is 0.960 bits per heavy atom. The van der Waals surface area contributed by atoms with Gasteiger partial charge < -0.3 is 10.2 Å². The largest absolute Gasteiger partial charge is 2.00 e. The van der Waals surface area contributed by atoms with Crippen LogP contribution in [0.5, 0.6) is 0 Å². The van der Waals surface area contributed by atoms with Crippen LogP contribution in [0.2, 0.25) is 0 Å². The molecule has 11 heteroatoms. The fourth-order valence-electron chi connectivity index (χ4n) is 1.80. The summed E-state index contributed by atoms with van der Waals surface area (Å²) < 4.78 is 0. The van der Waals surface area contributed by atoms with E-state index in [2.05, 4.69) is 9.98 Å². The van der Waals surface area contributed by atoms with Gasteiger partial charge >= 0.3 is 49.8 Å². The maximum atomic E-state index is 11.3. The number of hydrogen-bond acceptors (Lipinski definition) is 6. The van der Waals surface area contributed by atoms with Crippen molar-refractivity contribution in [3.05, 3.63) is 0 Å². The van der Waals surface area contributed by atoms with Gasteiger partial charge in [-0.1, -0.05) is 0 Å². The van der Waals surface area contributed by atoms with E-state index in [0.29, 0.717) is 0 Å². The number of nitrogens with zero attached hydrogens (tertiary/aromatic N) is 4. The molecule has 2 aliphatic heterocycles. The van der Waals surface area contributed by atoms with Crippen molar-refractivity contribution in [2.45, 2.75) is 27.7 Å². The molecule has 0 atom stereocenters. The van der Waals surface area contributed by atoms with E-state index in [9.17, 15) is 29.4 Å². The van der Waals surface area contributed by atoms with Crippen molar-refractivity contribution >= 4 is 73.4 Å². The van der Waals surface area contributed by atoms with Crippen LogP contribution in [0.3, 0.4) is 0 Å². The number of carbonyl (C=O) groups is 4. The molecule has 2 rings (SSSR count). The van der Waals surface area contributed by atoms with Crippen LogP contribution in [-0.2, 0) is 9.59 Å². The van der Waals surface area contributed by atoms with E-state index in [1.807, 2.05) is 0 Å². The molecule has 2 aliphatic rings. The predicted octanol–water partition coefficient (Wildman–Crippen LogP) is -1.65. The quantitative estimate of drug-likeness (QED) is 0.461. The van der Waals surface area contributed by atoms with E-state index >= 15 is 0 Å². The SMILES string of the molecule is CN1C(=O)N=C([O-])C(C)(C)C1=O.CN1C(=O)N=C([O-])C(C)(C)C1=O.[Ca+2]. The number of amides is 6. The zero-order chi connectivity index (χ0) is 19.0. The molecule has 0 spiro atoms. The second-order valence-electron chi connectivity index (χ2n) is 6.38. The molecule has 0 saturated heterocycles. The van der Waals surface area contributed by atoms with Gasteiger partial charge in [-0.2, -0.15) is 0 Å². The Bertz CT molecular complexity index is 625. The van der Waals surface area contributed by atoms with Gasteiger partial charge in [0.05, 0.1) is 10.8 Å². The number of rotatable bonds is 0. The molecular weight excluding hydrogens is 360 g/mol. The Balaban J connectivity index is 0.000000443. The van der Waals surface area contributed by atoms with E-state index in [0.717, 1.165) is 9.80 Å². The average Bonchev–Trinajstić information content (AvgIpc) is 2.49. The monoisotopic (exact) mass is 378 g/mol. The van der Waals surface area contributed by atoms with Crippen molar-refractivity contribution < 1.29 is 29.4 Å². The van der Waals surface area contributed by atoms with E-state index < -0.39 is 46.5 Å². The normalized spacial score (nSPS) is 21.7. The molecule has 0 bridgehead atoms. The van der Waals surface area contributed by atoms with Crippen LogP contribution in [0.4, 0.5) is 9.59 Å². The molecule has 132 valence electrons. The second kappa shape index (κ2) is 7.79. The van der Waals surface area contributed by atoms with Crippen LogP contribution in [0, 0.1) is 10.8 Å². The first kappa shape index (κ1) is 23.5. The Morgan fingerprint density at radius 3 is 1.20 bits per heavy atom. The smallest absolute Gasteiger partial charge is 0.861 e. The number of hydrogen-bond donors (Lipinski definition) is 0. The van der Waals surface area contributed by atoms with Crippen molar-refractivity contribution in [1.82, 2.24) is 9.80 Å². The van der Waals surface area contributed by atoms with Crippen molar-refractivity contribution in [3.8, 4) is 0 Å². The number of urea groups is 2. The van der Waals surface area contributed by atoms with Crippen LogP contribution in [0.1, 0.15) is 27.7 Å². The predicted molar refractivity (Wildman–Crippen MR) is 84.5 cm³/mol. The Morgan fingerprint density at radius 1 is 0.720 bits per heavy atom. The molecular formula is C14H18CaN4O6. The summed E-state index contributed by atoms with van der Waals surface area (Å²) in [4.78, 5) is 52.3. The topological polar surface area (TPSA) is 146 Å². The van der Waals surface area contributed by atoms with Gasteiger partial charge in [0.25, 0.3) is 0 Å². The zero-order valence-electron chi connectivity index (χ0n) is 14.9. The van der Waals surface area contributed by atoms with Gasteiger partial charge in [0.15, 0.2) is 0 Å². The van der Waals surface area contributed by atoms with Crippen molar-refractivity contribution in [1.29, 1.82) is 0 Å². The molecule has 0 aromatic carbocycles. The Hall–Kier alpha value is -1.52. The fourth-order valence-corrected chi connectivity index (χ4v) is 1.80. The summed E-state index contributed by atoms with van der Waals surface area (Å²) in [6.45, 7) is 5.79. The number of imide groups is 2. The molecule has 0 aromatic heterocycles. The van der Waals surface area contributed by atoms with Gasteiger partial charge in [0.1, 0.15) is 0 Å². The first-order chi connectivity index (χ1) is 10.7. The summed E-state index contributed by atoms with van der Waals surface area (Å²) >= 11 is 0. The average molecular weight is 378 g/mol. The zero-order valence-corrected chi connectivity index (χ0v) is 17.2. The summed E-state index contributed by atoms with van der Waals surface area (Å²) in [5, 5.41) is 22.1. The molecule has 0 N–H and O–H groups in total. The molecule has 2 heterocycles. The maximum Gasteiger partial charge on any atom is 2.00 e. The second-order valence-corrected chi connectivity index (χ2v) is 6.38. The van der Waals surface area contributed by atoms with Crippen LogP contribution >= 0.6 is 0 Å². The van der Waals surface area contributed by atoms with Crippen molar-refractivity contribution in [2.75, 3.05) is 14.1 Å². The summed E-state index contributed by atoms with van der Waals surface area (Å²) in [5.74, 6) is -2.36. The molecule has 10 nitrogen and oxygen atoms in total. The van der Waals surface area contributed by atoms with Crippen molar-refractivity contribution in [2.24, 2.45) is 20.8 Å². The Labute approximate surface area is 174 Å². The molecule has 25 heavy (non-hydrogen) atoms. The fraction of sp³-hybridized carbons (Fsp3) is 0.571. The molecule has 0 radical (unpaired) electrons. The van der Waals surface area contributed by atoms with E-state index in [1.165, 1.54) is 41.8 Å². The van der Waals surface area contributed by atoms with Gasteiger partial charge in [-0.25, -0.2) is 19.6 Å². The first-order valence-electron chi connectivity index (χ1n) is 6.91. The minimum Gasteiger partial charge on any atom is -0.861 e. The van der Waals surface area contributed by atoms with E-state index in [-0.39, 0.29) is 37.7 Å². The van der Waals surface area contributed by atoms with Crippen LogP contribution in [-0.4, -0.2) is 97.3 Å². The summed E-state index contributed by atoms with van der Waals surface area (Å²) in [6.07, 6.45) is 0. The number of carbonyl (C=O) groups excluding carboxylic acids is 4. The van der Waals surface area contributed by atoms with Gasteiger partial charge in [0.2, 0.25) is 11.8 Å². The standard InChI is InChI=1S/2C7H10N2O3.Ca/c2*1-7(2)4(10)8-6(12)9(3)5(7)11;/h2*1-3H3,(H,8,10,12);/q;;+2/p-2. The third-order valence-electron chi connectivity index (χ3n) is 3.72. The maximum absolute atomic E-state index is 11.3. The molecule has 0 saturated carbocycles. The minimum atomic E-state index is -1.19. The molecule has 6 amide bonds. The molecule has 0 aromatic rings. The summed E-state index contributed by atoms with van der Waals surface area (Å²) in [5.41, 5.74) is -2.38. The summed E-state index contributed by atoms with van der Waals surface area (Å²) in [6, 6.07) is -1.58. The molecule has 0 aliphatic carbocycles. The van der Waals surface area contributed by atoms with Crippen LogP contribution in [0.15, 0.2) is 9.98 Å². The van der Waals surface area contributed by atoms with E-state index in [4.69, 9.17) is 0 Å². The van der Waals surface area contributed by atoms with Gasteiger partial charge in [0, 0.05) is 14.1 Å². The van der Waals surface area contributed by atoms with Gasteiger partial charge in [-0.15, -0.1) is 0 Å². The molecule has 0 fully saturated rings. The first-order valence-corrected chi connectivity index (χ1v) is 6.91. The van der Waals surface area contributed by atoms with Crippen LogP contribution in [0.25, 0.3) is 0 Å². The minimum absolute atomic E-state index is 0. The molecule has 0 unspecified atom stereocenters. The third kappa shape index (κ3) is 4.36. The van der Waals surface area contributed by atoms with Gasteiger partial charge in [-0.3, -0.25) is 19.4 Å². The third-order valence-corrected chi connectivity index (χ3v) is 3.72. The van der Waals surface area contributed by atoms with Crippen LogP contribution < -0.4 is 10.2 Å². The summed E-state index contributed by atoms with van der Waals surface area (Å²) in [7, 11) is 2.62. The number of aliphatic imine (C=N–C) groups is 2.